The second-order valence-corrected chi connectivity index (χ2v) is 13.0. The first-order valence-electron chi connectivity index (χ1n) is 14.5. The number of aromatic nitrogens is 4. The number of nitrogens with zero attached hydrogens (tertiary/aromatic N) is 4. The molecule has 0 radical (unpaired) electrons. The summed E-state index contributed by atoms with van der Waals surface area (Å²) in [6, 6.07) is 0. The minimum atomic E-state index is -0.910. The molecule has 2 N–H and O–H groups in total. The van der Waals surface area contributed by atoms with Gasteiger partial charge in [-0.3, -0.25) is 9.59 Å². The van der Waals surface area contributed by atoms with Gasteiger partial charge in [0.25, 0.3) is 0 Å². The molecule has 0 fully saturated rings. The predicted octanol–water partition coefficient (Wildman–Crippen LogP) is 0.818. The fourth-order valence-corrected chi connectivity index (χ4v) is 6.83. The third-order valence-corrected chi connectivity index (χ3v) is 9.04. The molecule has 0 spiro atoms. The van der Waals surface area contributed by atoms with Gasteiger partial charge in [0, 0.05) is 18.1 Å². The Kier molecular flexibility index (Phi) is 11.1. The topological polar surface area (TPSA) is 131 Å². The van der Waals surface area contributed by atoms with Gasteiger partial charge in [0.2, 0.25) is 0 Å². The number of thiol groups is 3. The van der Waals surface area contributed by atoms with Gasteiger partial charge < -0.3 is 30.1 Å². The summed E-state index contributed by atoms with van der Waals surface area (Å²) in [7, 11) is 0. The molecule has 46 heavy (non-hydrogen) atoms. The average Bonchev–Trinajstić information content (AvgIpc) is 3.64. The first-order chi connectivity index (χ1) is 21.3. The Hall–Kier alpha value is -3.15. The Morgan fingerprint density at radius 2 is 1.28 bits per heavy atom. The van der Waals surface area contributed by atoms with Crippen LogP contribution in [0.15, 0.2) is 0 Å². The van der Waals surface area contributed by atoms with Crippen LogP contribution in [-0.2, 0) is 39.5 Å². The van der Waals surface area contributed by atoms with Crippen LogP contribution in [0.3, 0.4) is 0 Å². The van der Waals surface area contributed by atoms with Crippen LogP contribution in [0, 0.1) is 20.8 Å². The van der Waals surface area contributed by atoms with E-state index < -0.39 is 11.9 Å². The number of carboxylic acid groups (broad SMARTS) is 2. The summed E-state index contributed by atoms with van der Waals surface area (Å²) in [4.78, 5) is 43.9. The number of aliphatic carboxylic acids is 2. The third kappa shape index (κ3) is 6.92. The molecule has 0 saturated heterocycles. The third-order valence-electron chi connectivity index (χ3n) is 8.30. The molecule has 8 nitrogen and oxygen atoms in total. The summed E-state index contributed by atoms with van der Waals surface area (Å²) in [5.41, 5.74) is 7.95. The molecule has 0 aliphatic carbocycles. The minimum Gasteiger partial charge on any atom is -0.657 e. The van der Waals surface area contributed by atoms with Crippen molar-refractivity contribution in [2.75, 3.05) is 0 Å². The zero-order valence-electron chi connectivity index (χ0n) is 26.0. The van der Waals surface area contributed by atoms with E-state index in [0.717, 1.165) is 60.1 Å². The molecule has 0 unspecified atom stereocenters. The molecule has 4 aromatic rings. The standard InChI is InChI=1S/C34H34N4O4S3.Fe/c1-15-20(6-8-31(39)40)26-13-27-21(7-9-32(41)42)16(2)24(36-27)11-29-33(18(4)44)17(3)25(37-29)12-30-34(19(5)45)22(14-43)28(38-30)10-23(15)35-26;/h10-14,18,43-45H,6-9H2,1-5H3,(H,39,40)(H,41,42);/q-4;+4/b22-14+,24-11-,27-13-,28-10-,30-12-,34-19-;/t18-;/m0./s1. The summed E-state index contributed by atoms with van der Waals surface area (Å²) in [5.74, 6) is -1.82. The maximum atomic E-state index is 11.6. The van der Waals surface area contributed by atoms with Crippen molar-refractivity contribution < 1.29 is 36.9 Å². The summed E-state index contributed by atoms with van der Waals surface area (Å²) < 4.78 is 0. The minimum absolute atomic E-state index is 0. The number of rotatable bonds is 7. The molecular formula is C34H34FeN4O4S3. The van der Waals surface area contributed by atoms with E-state index in [9.17, 15) is 19.8 Å². The van der Waals surface area contributed by atoms with E-state index in [1.807, 2.05) is 58.9 Å². The van der Waals surface area contributed by atoms with Crippen molar-refractivity contribution in [3.05, 3.63) is 88.0 Å². The van der Waals surface area contributed by atoms with Crippen LogP contribution in [0.25, 0.3) is 34.6 Å². The Balaban J connectivity index is 0.00000480. The second kappa shape index (κ2) is 14.3. The molecule has 0 amide bonds. The number of hydrogen-bond donors (Lipinski definition) is 5. The summed E-state index contributed by atoms with van der Waals surface area (Å²) in [5, 5.41) is 24.8. The first kappa shape index (κ1) is 35.7. The number of carbonyl (C=O) groups is 2. The van der Waals surface area contributed by atoms with Crippen molar-refractivity contribution in [2.45, 2.75) is 65.6 Å². The number of hydrogen-bond acceptors (Lipinski definition) is 5. The quantitative estimate of drug-likeness (QED) is 0.124. The molecule has 1 atom stereocenters. The Morgan fingerprint density at radius 3 is 1.87 bits per heavy atom. The molecule has 0 aromatic carbocycles. The van der Waals surface area contributed by atoms with Crippen molar-refractivity contribution in [3.63, 3.8) is 0 Å². The summed E-state index contributed by atoms with van der Waals surface area (Å²) in [6.07, 6.45) is 8.02. The van der Waals surface area contributed by atoms with E-state index in [1.54, 1.807) is 5.41 Å². The van der Waals surface area contributed by atoms with Crippen LogP contribution < -0.4 is 51.8 Å². The SMILES string of the molecule is C/C(S)=c1c2/[n-]c(/c/1=C\S)=C\c1[n-]c(c(CCC(=O)O)c1C)/C=c1\[n-]/c(c(C)c1CCC(=O)O)=C\c1[n-]c(c(C)c1[C@H](C)S)\C=2.[Fe+4]. The van der Waals surface area contributed by atoms with Crippen LogP contribution in [-0.4, -0.2) is 22.2 Å². The van der Waals surface area contributed by atoms with Gasteiger partial charge in [-0.2, -0.15) is 25.3 Å². The molecule has 0 saturated carbocycles. The fourth-order valence-electron chi connectivity index (χ4n) is 6.01. The van der Waals surface area contributed by atoms with Crippen LogP contribution in [0.1, 0.15) is 88.1 Å². The molecule has 5 rings (SSSR count). The van der Waals surface area contributed by atoms with E-state index in [-0.39, 0.29) is 48.0 Å². The Labute approximate surface area is 293 Å². The molecule has 1 aliphatic rings. The molecule has 12 heteroatoms. The predicted molar refractivity (Wildman–Crippen MR) is 186 cm³/mol. The normalized spacial score (nSPS) is 16.9. The maximum absolute atomic E-state index is 11.6. The zero-order chi connectivity index (χ0) is 32.7. The van der Waals surface area contributed by atoms with Gasteiger partial charge in [0.15, 0.2) is 0 Å². The van der Waals surface area contributed by atoms with Gasteiger partial charge in [-0.25, -0.2) is 0 Å². The van der Waals surface area contributed by atoms with Gasteiger partial charge in [-0.15, -0.1) is 56.8 Å². The van der Waals surface area contributed by atoms with Crippen molar-refractivity contribution in [2.24, 2.45) is 0 Å². The van der Waals surface area contributed by atoms with Crippen LogP contribution in [0.5, 0.6) is 0 Å². The molecule has 5 heterocycles. The van der Waals surface area contributed by atoms with Crippen molar-refractivity contribution in [1.29, 1.82) is 0 Å². The van der Waals surface area contributed by atoms with Crippen molar-refractivity contribution in [3.8, 4) is 0 Å². The van der Waals surface area contributed by atoms with Gasteiger partial charge in [0.05, 0.1) is 0 Å². The van der Waals surface area contributed by atoms with E-state index in [0.29, 0.717) is 32.8 Å². The van der Waals surface area contributed by atoms with E-state index in [2.05, 4.69) is 12.6 Å². The average molecular weight is 715 g/mol. The van der Waals surface area contributed by atoms with Gasteiger partial charge in [-0.1, -0.05) is 52.1 Å². The van der Waals surface area contributed by atoms with Crippen molar-refractivity contribution in [1.82, 2.24) is 19.9 Å². The zero-order valence-corrected chi connectivity index (χ0v) is 29.8. The fraction of sp³-hybridized carbons (Fsp3) is 0.294. The first-order valence-corrected chi connectivity index (χ1v) is 16.0. The largest absolute Gasteiger partial charge is 4.00 e. The summed E-state index contributed by atoms with van der Waals surface area (Å²) in [6.45, 7) is 9.78. The molecule has 4 aromatic heterocycles. The van der Waals surface area contributed by atoms with Crippen LogP contribution >= 0.6 is 37.9 Å². The monoisotopic (exact) mass is 714 g/mol. The van der Waals surface area contributed by atoms with E-state index >= 15 is 0 Å². The van der Waals surface area contributed by atoms with Gasteiger partial charge in [-0.05, 0) is 73.8 Å². The summed E-state index contributed by atoms with van der Waals surface area (Å²) >= 11 is 14.0. The smallest absolute Gasteiger partial charge is 0.657 e. The molecule has 8 bridgehead atoms. The van der Waals surface area contributed by atoms with Crippen LogP contribution in [0.2, 0.25) is 0 Å². The Bertz CT molecular complexity index is 2230. The van der Waals surface area contributed by atoms with Crippen LogP contribution in [0.4, 0.5) is 0 Å². The van der Waals surface area contributed by atoms with Gasteiger partial charge >= 0.3 is 29.0 Å². The second-order valence-electron chi connectivity index (χ2n) is 11.3. The van der Waals surface area contributed by atoms with E-state index in [4.69, 9.17) is 45.2 Å². The number of fused-ring (bicyclic) bond motifs is 8. The molecule has 240 valence electrons. The maximum Gasteiger partial charge on any atom is 4.00 e. The molecular weight excluding hydrogens is 680 g/mol. The number of carboxylic acids is 2. The van der Waals surface area contributed by atoms with Crippen molar-refractivity contribution >= 4 is 84.4 Å². The van der Waals surface area contributed by atoms with Gasteiger partial charge in [0.1, 0.15) is 0 Å². The van der Waals surface area contributed by atoms with E-state index in [1.165, 1.54) is 0 Å². The molecule has 1 aliphatic heterocycles. The Morgan fingerprint density at radius 1 is 0.761 bits per heavy atom.